The molecule has 0 aromatic carbocycles. The molecule has 1 rings (SSSR count). The zero-order chi connectivity index (χ0) is 10.6. The van der Waals surface area contributed by atoms with E-state index in [4.69, 9.17) is 11.6 Å². The van der Waals surface area contributed by atoms with Crippen LogP contribution in [0, 0.1) is 0 Å². The lowest BCUT2D eigenvalue weighted by molar-refractivity contribution is 0.462. The summed E-state index contributed by atoms with van der Waals surface area (Å²) in [5, 5.41) is 0.479. The van der Waals surface area contributed by atoms with Crippen LogP contribution in [-0.4, -0.2) is 36.5 Å². The molecule has 3 nitrogen and oxygen atoms in total. The van der Waals surface area contributed by atoms with Crippen LogP contribution < -0.4 is 0 Å². The molecule has 1 heterocycles. The third kappa shape index (κ3) is 2.67. The maximum atomic E-state index is 10.7. The average molecular weight is 211 g/mol. The van der Waals surface area contributed by atoms with E-state index >= 15 is 0 Å². The van der Waals surface area contributed by atoms with Crippen molar-refractivity contribution in [3.05, 3.63) is 29.0 Å². The van der Waals surface area contributed by atoms with E-state index in [9.17, 15) is 4.79 Å². The van der Waals surface area contributed by atoms with Gasteiger partial charge in [-0.15, -0.1) is 0 Å². The van der Waals surface area contributed by atoms with Crippen molar-refractivity contribution in [3.8, 4) is 0 Å². The molecular formula is C10H11ClN2O. The summed E-state index contributed by atoms with van der Waals surface area (Å²) in [5.74, 6) is 1.87. The Morgan fingerprint density at radius 1 is 1.64 bits per heavy atom. The summed E-state index contributed by atoms with van der Waals surface area (Å²) < 4.78 is 0. The van der Waals surface area contributed by atoms with Crippen LogP contribution in [0.2, 0.25) is 5.02 Å². The zero-order valence-electron chi connectivity index (χ0n) is 8.12. The molecule has 0 radical (unpaired) electrons. The highest BCUT2D eigenvalue weighted by Gasteiger charge is 2.09. The van der Waals surface area contributed by atoms with Gasteiger partial charge in [-0.25, -0.2) is 4.79 Å². The fraction of sp³-hybridized carbons (Fsp3) is 0.300. The summed E-state index contributed by atoms with van der Waals surface area (Å²) in [6.45, 7) is 0.486. The fourth-order valence-electron chi connectivity index (χ4n) is 1.08. The minimum absolute atomic E-state index is 0.473. The molecule has 0 saturated carbocycles. The van der Waals surface area contributed by atoms with E-state index in [1.807, 2.05) is 24.9 Å². The van der Waals surface area contributed by atoms with Gasteiger partial charge in [-0.1, -0.05) is 11.6 Å². The summed E-state index contributed by atoms with van der Waals surface area (Å²) in [7, 11) is 3.74. The third-order valence-electron chi connectivity index (χ3n) is 1.64. The Hall–Kier alpha value is -1.15. The van der Waals surface area contributed by atoms with Crippen molar-refractivity contribution in [1.29, 1.82) is 0 Å². The number of pyridine rings is 1. The summed E-state index contributed by atoms with van der Waals surface area (Å²) in [6.07, 6.45) is 1.61. The lowest BCUT2D eigenvalue weighted by Gasteiger charge is -2.10. The molecule has 0 bridgehead atoms. The quantitative estimate of drug-likeness (QED) is 0.710. The Labute approximate surface area is 88.0 Å². The molecule has 0 atom stereocenters. The van der Waals surface area contributed by atoms with E-state index in [0.29, 0.717) is 22.8 Å². The summed E-state index contributed by atoms with van der Waals surface area (Å²) in [6, 6.07) is 3.43. The molecule has 0 unspecified atom stereocenters. The van der Waals surface area contributed by atoms with Gasteiger partial charge < -0.3 is 4.90 Å². The van der Waals surface area contributed by atoms with E-state index in [0.717, 1.165) is 0 Å². The number of likely N-dealkylation sites (N-methyl/N-ethyl adjacent to an activating group) is 1. The molecule has 4 heteroatoms. The van der Waals surface area contributed by atoms with E-state index < -0.39 is 0 Å². The Bertz CT molecular complexity index is 370. The first-order valence-electron chi connectivity index (χ1n) is 4.14. The van der Waals surface area contributed by atoms with Crippen molar-refractivity contribution in [1.82, 2.24) is 9.88 Å². The molecule has 74 valence electrons. The minimum atomic E-state index is 0.473. The molecule has 0 amide bonds. The Morgan fingerprint density at radius 2 is 2.36 bits per heavy atom. The van der Waals surface area contributed by atoms with Crippen LogP contribution in [0.1, 0.15) is 5.69 Å². The Balaban J connectivity index is 3.03. The maximum Gasteiger partial charge on any atom is 0.131 e. The second-order valence-electron chi connectivity index (χ2n) is 3.15. The SMILES string of the molecule is CN(C)CC(=C=O)c1ncccc1Cl. The standard InChI is InChI=1S/C10H11ClN2O/c1-13(2)6-8(7-14)10-9(11)4-3-5-12-10/h3-5H,6H2,1-2H3. The number of hydrogen-bond acceptors (Lipinski definition) is 3. The fourth-order valence-corrected chi connectivity index (χ4v) is 1.32. The summed E-state index contributed by atoms with van der Waals surface area (Å²) in [4.78, 5) is 16.6. The van der Waals surface area contributed by atoms with Crippen LogP contribution >= 0.6 is 11.6 Å². The smallest absolute Gasteiger partial charge is 0.131 e. The van der Waals surface area contributed by atoms with Crippen LogP contribution in [0.25, 0.3) is 5.57 Å². The highest BCUT2D eigenvalue weighted by molar-refractivity contribution is 6.32. The van der Waals surface area contributed by atoms with Gasteiger partial charge in [0.2, 0.25) is 0 Å². The Morgan fingerprint density at radius 3 is 2.86 bits per heavy atom. The highest BCUT2D eigenvalue weighted by Crippen LogP contribution is 2.19. The van der Waals surface area contributed by atoms with Crippen molar-refractivity contribution in [2.24, 2.45) is 0 Å². The van der Waals surface area contributed by atoms with Crippen LogP contribution in [0.3, 0.4) is 0 Å². The minimum Gasteiger partial charge on any atom is -0.304 e. The normalized spacial score (nSPS) is 10.0. The van der Waals surface area contributed by atoms with E-state index in [1.54, 1.807) is 18.3 Å². The van der Waals surface area contributed by atoms with Crippen molar-refractivity contribution in [2.45, 2.75) is 0 Å². The first kappa shape index (κ1) is 10.9. The Kier molecular flexibility index (Phi) is 3.84. The van der Waals surface area contributed by atoms with Gasteiger partial charge in [0.05, 0.1) is 16.3 Å². The first-order chi connectivity index (χ1) is 6.65. The average Bonchev–Trinajstić information content (AvgIpc) is 2.15. The molecular weight excluding hydrogens is 200 g/mol. The molecule has 0 fully saturated rings. The van der Waals surface area contributed by atoms with E-state index in [-0.39, 0.29) is 0 Å². The number of carbonyl (C=O) groups excluding carboxylic acids is 1. The molecule has 1 aromatic heterocycles. The van der Waals surface area contributed by atoms with Gasteiger partial charge in [-0.05, 0) is 26.2 Å². The van der Waals surface area contributed by atoms with Crippen LogP contribution in [-0.2, 0) is 4.79 Å². The molecule has 1 aromatic rings. The highest BCUT2D eigenvalue weighted by atomic mass is 35.5. The monoisotopic (exact) mass is 210 g/mol. The molecule has 0 saturated heterocycles. The van der Waals surface area contributed by atoms with Gasteiger partial charge in [0.25, 0.3) is 0 Å². The second kappa shape index (κ2) is 4.91. The van der Waals surface area contributed by atoms with E-state index in [1.165, 1.54) is 0 Å². The predicted molar refractivity (Wildman–Crippen MR) is 56.9 cm³/mol. The van der Waals surface area contributed by atoms with Crippen molar-refractivity contribution >= 4 is 23.1 Å². The number of aromatic nitrogens is 1. The number of rotatable bonds is 3. The summed E-state index contributed by atoms with van der Waals surface area (Å²) in [5.41, 5.74) is 0.985. The summed E-state index contributed by atoms with van der Waals surface area (Å²) >= 11 is 5.90. The largest absolute Gasteiger partial charge is 0.304 e. The molecule has 0 aliphatic carbocycles. The molecule has 0 N–H and O–H groups in total. The molecule has 14 heavy (non-hydrogen) atoms. The topological polar surface area (TPSA) is 33.2 Å². The molecule has 0 spiro atoms. The van der Waals surface area contributed by atoms with Gasteiger partial charge >= 0.3 is 0 Å². The van der Waals surface area contributed by atoms with Crippen LogP contribution in [0.5, 0.6) is 0 Å². The van der Waals surface area contributed by atoms with Gasteiger partial charge in [0, 0.05) is 12.7 Å². The molecule has 0 aliphatic rings. The first-order valence-corrected chi connectivity index (χ1v) is 4.52. The van der Waals surface area contributed by atoms with Gasteiger partial charge in [-0.3, -0.25) is 4.98 Å². The van der Waals surface area contributed by atoms with Crippen molar-refractivity contribution in [3.63, 3.8) is 0 Å². The van der Waals surface area contributed by atoms with E-state index in [2.05, 4.69) is 4.98 Å². The zero-order valence-corrected chi connectivity index (χ0v) is 8.88. The van der Waals surface area contributed by atoms with Crippen molar-refractivity contribution < 1.29 is 4.79 Å². The second-order valence-corrected chi connectivity index (χ2v) is 3.56. The van der Waals surface area contributed by atoms with Gasteiger partial charge in [0.1, 0.15) is 5.94 Å². The predicted octanol–water partition coefficient (Wildman–Crippen LogP) is 1.51. The van der Waals surface area contributed by atoms with Crippen LogP contribution in [0.4, 0.5) is 0 Å². The number of halogens is 1. The lowest BCUT2D eigenvalue weighted by atomic mass is 10.2. The lowest BCUT2D eigenvalue weighted by Crippen LogP contribution is -2.15. The van der Waals surface area contributed by atoms with Gasteiger partial charge in [0.15, 0.2) is 0 Å². The number of hydrogen-bond donors (Lipinski definition) is 0. The van der Waals surface area contributed by atoms with Crippen molar-refractivity contribution in [2.75, 3.05) is 20.6 Å². The number of nitrogens with zero attached hydrogens (tertiary/aromatic N) is 2. The van der Waals surface area contributed by atoms with Crippen LogP contribution in [0.15, 0.2) is 18.3 Å². The molecule has 0 aliphatic heterocycles. The van der Waals surface area contributed by atoms with Gasteiger partial charge in [-0.2, -0.15) is 0 Å². The maximum absolute atomic E-state index is 10.7. The third-order valence-corrected chi connectivity index (χ3v) is 1.95.